The van der Waals surface area contributed by atoms with Gasteiger partial charge in [-0.25, -0.2) is 4.79 Å². The van der Waals surface area contributed by atoms with Crippen molar-refractivity contribution in [2.45, 2.75) is 32.2 Å². The van der Waals surface area contributed by atoms with E-state index in [0.29, 0.717) is 0 Å². The third-order valence-corrected chi connectivity index (χ3v) is 5.70. The first-order valence-corrected chi connectivity index (χ1v) is 10.9. The summed E-state index contributed by atoms with van der Waals surface area (Å²) in [5.41, 5.74) is 4.44. The van der Waals surface area contributed by atoms with Crippen molar-refractivity contribution in [3.63, 3.8) is 0 Å². The Hall–Kier alpha value is -4.21. The van der Waals surface area contributed by atoms with Gasteiger partial charge in [0, 0.05) is 18.5 Å². The number of ether oxygens (including phenoxy) is 1. The monoisotopic (exact) mass is 463 g/mol. The van der Waals surface area contributed by atoms with E-state index in [9.17, 15) is 14.4 Å². The number of amides is 2. The molecule has 3 N–H and O–H groups in total. The summed E-state index contributed by atoms with van der Waals surface area (Å²) >= 11 is 0. The first-order valence-electron chi connectivity index (χ1n) is 10.9. The summed E-state index contributed by atoms with van der Waals surface area (Å²) in [6, 6.07) is 15.8. The van der Waals surface area contributed by atoms with Crippen molar-refractivity contribution < 1.29 is 24.2 Å². The topological polar surface area (TPSA) is 138 Å². The summed E-state index contributed by atoms with van der Waals surface area (Å²) in [4.78, 5) is 41.3. The molecule has 3 aromatic rings. The highest BCUT2D eigenvalue weighted by molar-refractivity contribution is 5.92. The van der Waals surface area contributed by atoms with Crippen LogP contribution in [0.25, 0.3) is 11.1 Å². The van der Waals surface area contributed by atoms with Crippen LogP contribution < -0.4 is 5.32 Å². The fourth-order valence-corrected chi connectivity index (χ4v) is 4.09. The lowest BCUT2D eigenvalue weighted by Crippen LogP contribution is -2.39. The van der Waals surface area contributed by atoms with Crippen LogP contribution in [0.2, 0.25) is 0 Å². The second-order valence-electron chi connectivity index (χ2n) is 8.19. The maximum Gasteiger partial charge on any atom is 0.414 e. The first-order chi connectivity index (χ1) is 16.3. The van der Waals surface area contributed by atoms with Gasteiger partial charge in [-0.05, 0) is 36.1 Å². The number of carbonyl (C=O) groups is 3. The molecule has 0 fully saturated rings. The van der Waals surface area contributed by atoms with Crippen LogP contribution in [0.1, 0.15) is 47.9 Å². The highest BCUT2D eigenvalue weighted by Gasteiger charge is 2.29. The zero-order valence-electron chi connectivity index (χ0n) is 18.8. The van der Waals surface area contributed by atoms with E-state index in [0.717, 1.165) is 22.3 Å². The van der Waals surface area contributed by atoms with Gasteiger partial charge in [0.2, 0.25) is 5.82 Å². The highest BCUT2D eigenvalue weighted by Crippen LogP contribution is 2.44. The van der Waals surface area contributed by atoms with Gasteiger partial charge in [0.25, 0.3) is 11.9 Å². The Kier molecular flexibility index (Phi) is 6.58. The lowest BCUT2D eigenvalue weighted by Gasteiger charge is -2.24. The van der Waals surface area contributed by atoms with Gasteiger partial charge in [-0.1, -0.05) is 48.5 Å². The number of aromatic nitrogens is 3. The molecular weight excluding hydrogens is 438 g/mol. The number of benzene rings is 2. The van der Waals surface area contributed by atoms with E-state index in [1.165, 1.54) is 4.90 Å². The van der Waals surface area contributed by atoms with Crippen molar-refractivity contribution in [2.24, 2.45) is 0 Å². The molecule has 0 aliphatic heterocycles. The minimum Gasteiger partial charge on any atom is -0.481 e. The second-order valence-corrected chi connectivity index (χ2v) is 8.19. The molecule has 1 heterocycles. The smallest absolute Gasteiger partial charge is 0.414 e. The van der Waals surface area contributed by atoms with E-state index in [2.05, 4.69) is 32.6 Å². The van der Waals surface area contributed by atoms with Crippen LogP contribution in [0.3, 0.4) is 0 Å². The fraction of sp³-hybridized carbons (Fsp3) is 0.292. The van der Waals surface area contributed by atoms with Crippen molar-refractivity contribution in [3.8, 4) is 11.1 Å². The van der Waals surface area contributed by atoms with Gasteiger partial charge < -0.3 is 14.7 Å². The van der Waals surface area contributed by atoms with E-state index >= 15 is 0 Å². The van der Waals surface area contributed by atoms with Crippen LogP contribution in [-0.2, 0) is 9.53 Å². The maximum atomic E-state index is 12.7. The van der Waals surface area contributed by atoms with Gasteiger partial charge in [0.1, 0.15) is 6.61 Å². The highest BCUT2D eigenvalue weighted by atomic mass is 16.5. The third-order valence-electron chi connectivity index (χ3n) is 5.70. The number of nitrogens with one attached hydrogen (secondary N) is 2. The van der Waals surface area contributed by atoms with Crippen LogP contribution in [0.4, 0.5) is 10.7 Å². The number of nitrogens with zero attached hydrogens (tertiary/aromatic N) is 3. The first kappa shape index (κ1) is 23.0. The minimum absolute atomic E-state index is 0.0294. The van der Waals surface area contributed by atoms with Crippen LogP contribution >= 0.6 is 0 Å². The molecule has 0 spiro atoms. The zero-order chi connectivity index (χ0) is 24.2. The van der Waals surface area contributed by atoms with E-state index in [-0.39, 0.29) is 43.3 Å². The van der Waals surface area contributed by atoms with Crippen LogP contribution in [0.5, 0.6) is 0 Å². The standard InChI is InChI=1S/C24H25N5O5/c1-14(2)29(12-11-20(30)31)22(32)21-25-23(28-27-21)26-24(33)34-13-19-17-9-5-3-7-15(17)16-8-4-6-10-18(16)19/h3-10,14,19H,11-13H2,1-2H3,(H,30,31)(H2,25,26,27,28,33). The summed E-state index contributed by atoms with van der Waals surface area (Å²) < 4.78 is 5.46. The second kappa shape index (κ2) is 9.74. The summed E-state index contributed by atoms with van der Waals surface area (Å²) in [5.74, 6) is -1.82. The molecular formula is C24H25N5O5. The number of aliphatic carboxylic acids is 1. The molecule has 0 saturated heterocycles. The van der Waals surface area contributed by atoms with Crippen LogP contribution in [0, 0.1) is 0 Å². The van der Waals surface area contributed by atoms with Crippen molar-refractivity contribution in [2.75, 3.05) is 18.5 Å². The summed E-state index contributed by atoms with van der Waals surface area (Å²) in [6.45, 7) is 3.70. The predicted molar refractivity (Wildman–Crippen MR) is 123 cm³/mol. The van der Waals surface area contributed by atoms with Gasteiger partial charge >= 0.3 is 12.1 Å². The average molecular weight is 463 g/mol. The molecule has 2 amide bonds. The van der Waals surface area contributed by atoms with E-state index in [4.69, 9.17) is 9.84 Å². The number of hydrogen-bond acceptors (Lipinski definition) is 6. The quantitative estimate of drug-likeness (QED) is 0.465. The molecule has 0 saturated carbocycles. The van der Waals surface area contributed by atoms with E-state index in [1.54, 1.807) is 13.8 Å². The lowest BCUT2D eigenvalue weighted by molar-refractivity contribution is -0.137. The largest absolute Gasteiger partial charge is 0.481 e. The SMILES string of the molecule is CC(C)N(CCC(=O)O)C(=O)c1nc(NC(=O)OCC2c3ccccc3-c3ccccc32)n[nH]1. The molecule has 1 aliphatic carbocycles. The van der Waals surface area contributed by atoms with Crippen LogP contribution in [0.15, 0.2) is 48.5 Å². The number of fused-ring (bicyclic) bond motifs is 3. The molecule has 0 atom stereocenters. The number of aromatic amines is 1. The molecule has 10 heteroatoms. The molecule has 1 aromatic heterocycles. The van der Waals surface area contributed by atoms with Crippen molar-refractivity contribution >= 4 is 23.9 Å². The van der Waals surface area contributed by atoms with E-state index < -0.39 is 18.0 Å². The number of rotatable bonds is 8. The molecule has 0 bridgehead atoms. The Labute approximate surface area is 196 Å². The number of H-pyrrole nitrogens is 1. The maximum absolute atomic E-state index is 12.7. The zero-order valence-corrected chi connectivity index (χ0v) is 18.8. The Morgan fingerprint density at radius 2 is 1.71 bits per heavy atom. The van der Waals surface area contributed by atoms with Gasteiger partial charge in [0.05, 0.1) is 6.42 Å². The van der Waals surface area contributed by atoms with Gasteiger partial charge in [0.15, 0.2) is 0 Å². The molecule has 0 radical (unpaired) electrons. The molecule has 1 aliphatic rings. The summed E-state index contributed by atoms with van der Waals surface area (Å²) in [6.07, 6.45) is -0.936. The summed E-state index contributed by atoms with van der Waals surface area (Å²) in [7, 11) is 0. The van der Waals surface area contributed by atoms with E-state index in [1.807, 2.05) is 36.4 Å². The Balaban J connectivity index is 1.38. The molecule has 10 nitrogen and oxygen atoms in total. The number of hydrogen-bond donors (Lipinski definition) is 3. The molecule has 34 heavy (non-hydrogen) atoms. The Morgan fingerprint density at radius 1 is 1.09 bits per heavy atom. The average Bonchev–Trinajstić information content (AvgIpc) is 3.40. The normalized spacial score (nSPS) is 12.2. The molecule has 2 aromatic carbocycles. The fourth-order valence-electron chi connectivity index (χ4n) is 4.09. The van der Waals surface area contributed by atoms with Gasteiger partial charge in [-0.15, -0.1) is 5.10 Å². The number of carbonyl (C=O) groups excluding carboxylic acids is 2. The predicted octanol–water partition coefficient (Wildman–Crippen LogP) is 3.49. The van der Waals surface area contributed by atoms with Crippen molar-refractivity contribution in [3.05, 3.63) is 65.5 Å². The van der Waals surface area contributed by atoms with Crippen molar-refractivity contribution in [1.29, 1.82) is 0 Å². The molecule has 176 valence electrons. The number of carboxylic acids is 1. The minimum atomic E-state index is -1.01. The molecule has 0 unspecified atom stereocenters. The van der Waals surface area contributed by atoms with Gasteiger partial charge in [-0.2, -0.15) is 4.98 Å². The van der Waals surface area contributed by atoms with Crippen LogP contribution in [-0.4, -0.2) is 62.4 Å². The van der Waals surface area contributed by atoms with Crippen molar-refractivity contribution in [1.82, 2.24) is 20.1 Å². The van der Waals surface area contributed by atoms with Gasteiger partial charge in [-0.3, -0.25) is 20.0 Å². The number of anilines is 1. The third kappa shape index (κ3) is 4.75. The Bertz CT molecular complexity index is 1180. The lowest BCUT2D eigenvalue weighted by atomic mass is 9.98. The summed E-state index contributed by atoms with van der Waals surface area (Å²) in [5, 5.41) is 17.7. The Morgan fingerprint density at radius 3 is 2.29 bits per heavy atom. The molecule has 4 rings (SSSR count). The number of carboxylic acid groups (broad SMARTS) is 1.